The van der Waals surface area contributed by atoms with Gasteiger partial charge in [0.15, 0.2) is 5.76 Å². The summed E-state index contributed by atoms with van der Waals surface area (Å²) in [5.41, 5.74) is 1.32. The molecule has 0 aromatic carbocycles. The number of hydrogen-bond donors (Lipinski definition) is 2. The van der Waals surface area contributed by atoms with Crippen LogP contribution in [-0.4, -0.2) is 24.9 Å². The zero-order chi connectivity index (χ0) is 16.2. The topological polar surface area (TPSA) is 71.3 Å². The van der Waals surface area contributed by atoms with E-state index in [1.165, 1.54) is 23.1 Å². The van der Waals surface area contributed by atoms with Crippen LogP contribution in [0, 0.1) is 5.92 Å². The molecule has 2 N–H and O–H groups in total. The standard InChI is InChI=1S/C17H20N2O3S/c1-11-4-5-14-12(9-11)10-15(23-14)17(21)19-7-6-18-16(20)13-3-2-8-22-13/h2-3,8,10-11H,4-7,9H2,1H3,(H,18,20)(H,19,21). The van der Waals surface area contributed by atoms with E-state index in [-0.39, 0.29) is 17.6 Å². The van der Waals surface area contributed by atoms with Crippen LogP contribution in [0.3, 0.4) is 0 Å². The Hall–Kier alpha value is -2.08. The molecule has 2 amide bonds. The van der Waals surface area contributed by atoms with E-state index in [2.05, 4.69) is 17.6 Å². The lowest BCUT2D eigenvalue weighted by molar-refractivity contribution is 0.0911. The highest BCUT2D eigenvalue weighted by molar-refractivity contribution is 7.14. The summed E-state index contributed by atoms with van der Waals surface area (Å²) in [6.45, 7) is 3.01. The van der Waals surface area contributed by atoms with Crippen molar-refractivity contribution in [3.8, 4) is 0 Å². The second kappa shape index (κ2) is 7.00. The average molecular weight is 332 g/mol. The van der Waals surface area contributed by atoms with E-state index in [1.807, 2.05) is 6.07 Å². The van der Waals surface area contributed by atoms with E-state index in [0.29, 0.717) is 19.0 Å². The molecular formula is C17H20N2O3S. The molecule has 2 aromatic rings. The molecule has 3 rings (SSSR count). The highest BCUT2D eigenvalue weighted by Gasteiger charge is 2.20. The summed E-state index contributed by atoms with van der Waals surface area (Å²) in [6, 6.07) is 5.29. The van der Waals surface area contributed by atoms with E-state index in [9.17, 15) is 9.59 Å². The minimum absolute atomic E-state index is 0.0655. The van der Waals surface area contributed by atoms with Crippen LogP contribution in [0.15, 0.2) is 28.9 Å². The van der Waals surface area contributed by atoms with E-state index in [0.717, 1.165) is 17.7 Å². The maximum Gasteiger partial charge on any atom is 0.287 e. The summed E-state index contributed by atoms with van der Waals surface area (Å²) in [5.74, 6) is 0.635. The summed E-state index contributed by atoms with van der Waals surface area (Å²) in [6.07, 6.45) is 4.80. The molecule has 0 radical (unpaired) electrons. The number of hydrogen-bond acceptors (Lipinski definition) is 4. The van der Waals surface area contributed by atoms with Crippen LogP contribution in [0.25, 0.3) is 0 Å². The fourth-order valence-electron chi connectivity index (χ4n) is 2.75. The monoisotopic (exact) mass is 332 g/mol. The predicted molar refractivity (Wildman–Crippen MR) is 88.9 cm³/mol. The molecule has 0 saturated heterocycles. The van der Waals surface area contributed by atoms with Crippen LogP contribution >= 0.6 is 11.3 Å². The van der Waals surface area contributed by atoms with Crippen molar-refractivity contribution in [1.29, 1.82) is 0 Å². The van der Waals surface area contributed by atoms with Gasteiger partial charge in [0.2, 0.25) is 0 Å². The maximum absolute atomic E-state index is 12.2. The van der Waals surface area contributed by atoms with Gasteiger partial charge in [0.05, 0.1) is 11.1 Å². The predicted octanol–water partition coefficient (Wildman–Crippen LogP) is 2.63. The van der Waals surface area contributed by atoms with Gasteiger partial charge in [-0.2, -0.15) is 0 Å². The van der Waals surface area contributed by atoms with Crippen LogP contribution in [0.5, 0.6) is 0 Å². The van der Waals surface area contributed by atoms with E-state index in [4.69, 9.17) is 4.42 Å². The molecule has 2 aromatic heterocycles. The molecule has 1 aliphatic carbocycles. The lowest BCUT2D eigenvalue weighted by Crippen LogP contribution is -2.34. The molecule has 5 nitrogen and oxygen atoms in total. The third-order valence-corrected chi connectivity index (χ3v) is 5.23. The maximum atomic E-state index is 12.2. The third-order valence-electron chi connectivity index (χ3n) is 3.99. The van der Waals surface area contributed by atoms with Gasteiger partial charge in [0.1, 0.15) is 0 Å². The Morgan fingerprint density at radius 2 is 2.09 bits per heavy atom. The first-order valence-electron chi connectivity index (χ1n) is 7.85. The van der Waals surface area contributed by atoms with Crippen molar-refractivity contribution in [3.05, 3.63) is 45.5 Å². The van der Waals surface area contributed by atoms with Gasteiger partial charge in [-0.05, 0) is 48.9 Å². The summed E-state index contributed by atoms with van der Waals surface area (Å²) in [7, 11) is 0. The summed E-state index contributed by atoms with van der Waals surface area (Å²) in [5, 5.41) is 5.55. The van der Waals surface area contributed by atoms with Crippen molar-refractivity contribution >= 4 is 23.2 Å². The number of nitrogens with one attached hydrogen (secondary N) is 2. The molecule has 6 heteroatoms. The van der Waals surface area contributed by atoms with Gasteiger partial charge in [-0.3, -0.25) is 9.59 Å². The molecule has 2 heterocycles. The first kappa shape index (κ1) is 15.8. The molecule has 1 atom stereocenters. The van der Waals surface area contributed by atoms with Crippen molar-refractivity contribution in [1.82, 2.24) is 10.6 Å². The van der Waals surface area contributed by atoms with Crippen molar-refractivity contribution in [3.63, 3.8) is 0 Å². The Morgan fingerprint density at radius 3 is 2.83 bits per heavy atom. The molecule has 122 valence electrons. The minimum atomic E-state index is -0.273. The van der Waals surface area contributed by atoms with Gasteiger partial charge in [0.25, 0.3) is 11.8 Å². The number of carbonyl (C=O) groups excluding carboxylic acids is 2. The SMILES string of the molecule is CC1CCc2sc(C(=O)NCCNC(=O)c3ccco3)cc2C1. The van der Waals surface area contributed by atoms with Crippen molar-refractivity contribution in [2.45, 2.75) is 26.2 Å². The Balaban J connectivity index is 1.46. The zero-order valence-electron chi connectivity index (χ0n) is 13.1. The fourth-order valence-corrected chi connectivity index (χ4v) is 3.88. The smallest absolute Gasteiger partial charge is 0.287 e. The van der Waals surface area contributed by atoms with Crippen molar-refractivity contribution in [2.75, 3.05) is 13.1 Å². The fraction of sp³-hybridized carbons (Fsp3) is 0.412. The number of furan rings is 1. The Kier molecular flexibility index (Phi) is 4.81. The number of fused-ring (bicyclic) bond motifs is 1. The quantitative estimate of drug-likeness (QED) is 0.827. The Labute approximate surface area is 139 Å². The van der Waals surface area contributed by atoms with E-state index >= 15 is 0 Å². The van der Waals surface area contributed by atoms with Gasteiger partial charge in [-0.25, -0.2) is 0 Å². The van der Waals surface area contributed by atoms with Crippen LogP contribution in [0.4, 0.5) is 0 Å². The average Bonchev–Trinajstić information content (AvgIpc) is 3.19. The number of thiophene rings is 1. The van der Waals surface area contributed by atoms with Crippen molar-refractivity contribution in [2.24, 2.45) is 5.92 Å². The second-order valence-corrected chi connectivity index (χ2v) is 7.03. The normalized spacial score (nSPS) is 16.7. The molecule has 0 saturated carbocycles. The van der Waals surface area contributed by atoms with Crippen LogP contribution < -0.4 is 10.6 Å². The molecule has 1 aliphatic rings. The summed E-state index contributed by atoms with van der Waals surface area (Å²) in [4.78, 5) is 26.0. The second-order valence-electron chi connectivity index (χ2n) is 5.90. The first-order chi connectivity index (χ1) is 11.1. The van der Waals surface area contributed by atoms with Gasteiger partial charge < -0.3 is 15.1 Å². The molecule has 1 unspecified atom stereocenters. The summed E-state index contributed by atoms with van der Waals surface area (Å²) >= 11 is 1.59. The lowest BCUT2D eigenvalue weighted by Gasteiger charge is -2.16. The van der Waals surface area contributed by atoms with Gasteiger partial charge in [-0.15, -0.1) is 11.3 Å². The highest BCUT2D eigenvalue weighted by Crippen LogP contribution is 2.32. The Morgan fingerprint density at radius 1 is 1.30 bits per heavy atom. The van der Waals surface area contributed by atoms with E-state index in [1.54, 1.807) is 23.5 Å². The first-order valence-corrected chi connectivity index (χ1v) is 8.66. The molecule has 0 fully saturated rings. The number of rotatable bonds is 5. The zero-order valence-corrected chi connectivity index (χ0v) is 13.9. The Bertz CT molecular complexity index is 691. The van der Waals surface area contributed by atoms with Crippen molar-refractivity contribution < 1.29 is 14.0 Å². The van der Waals surface area contributed by atoms with Gasteiger partial charge in [0, 0.05) is 18.0 Å². The molecule has 0 bridgehead atoms. The van der Waals surface area contributed by atoms with E-state index < -0.39 is 0 Å². The highest BCUT2D eigenvalue weighted by atomic mass is 32.1. The van der Waals surface area contributed by atoms with Crippen LogP contribution in [-0.2, 0) is 12.8 Å². The molecule has 0 aliphatic heterocycles. The lowest BCUT2D eigenvalue weighted by atomic mass is 9.90. The largest absolute Gasteiger partial charge is 0.459 e. The molecular weight excluding hydrogens is 312 g/mol. The summed E-state index contributed by atoms with van der Waals surface area (Å²) < 4.78 is 5.00. The third kappa shape index (κ3) is 3.82. The van der Waals surface area contributed by atoms with Gasteiger partial charge >= 0.3 is 0 Å². The number of carbonyl (C=O) groups is 2. The van der Waals surface area contributed by atoms with Gasteiger partial charge in [-0.1, -0.05) is 6.92 Å². The number of aryl methyl sites for hydroxylation is 1. The number of amides is 2. The van der Waals surface area contributed by atoms with Crippen LogP contribution in [0.1, 0.15) is 44.0 Å². The molecule has 0 spiro atoms. The molecule has 23 heavy (non-hydrogen) atoms. The van der Waals surface area contributed by atoms with Crippen LogP contribution in [0.2, 0.25) is 0 Å². The minimum Gasteiger partial charge on any atom is -0.459 e.